The highest BCUT2D eigenvalue weighted by Gasteiger charge is 2.34. The van der Waals surface area contributed by atoms with Crippen molar-refractivity contribution >= 4 is 11.9 Å². The fourth-order valence-corrected chi connectivity index (χ4v) is 3.05. The first-order valence-electron chi connectivity index (χ1n) is 7.97. The number of halogens is 3. The minimum atomic E-state index is -4.56. The van der Waals surface area contributed by atoms with E-state index in [0.29, 0.717) is 12.8 Å². The van der Waals surface area contributed by atoms with E-state index in [0.717, 1.165) is 25.3 Å². The van der Waals surface area contributed by atoms with Crippen molar-refractivity contribution in [2.45, 2.75) is 50.7 Å². The van der Waals surface area contributed by atoms with Crippen LogP contribution in [0.15, 0.2) is 24.3 Å². The molecule has 0 unspecified atom stereocenters. The number of benzene rings is 1. The van der Waals surface area contributed by atoms with Crippen LogP contribution in [0.5, 0.6) is 0 Å². The Kier molecular flexibility index (Phi) is 5.85. The molecule has 1 aromatic rings. The predicted octanol–water partition coefficient (Wildman–Crippen LogP) is 3.40. The fraction of sp³-hybridized carbons (Fsp3) is 0.529. The highest BCUT2D eigenvalue weighted by atomic mass is 19.4. The van der Waals surface area contributed by atoms with E-state index in [2.05, 4.69) is 5.32 Å². The van der Waals surface area contributed by atoms with Crippen LogP contribution in [-0.4, -0.2) is 23.0 Å². The molecule has 0 bridgehead atoms. The molecule has 1 aromatic carbocycles. The monoisotopic (exact) mass is 343 g/mol. The molecule has 1 atom stereocenters. The van der Waals surface area contributed by atoms with Gasteiger partial charge in [0.2, 0.25) is 5.91 Å². The van der Waals surface area contributed by atoms with E-state index < -0.39 is 30.2 Å². The minimum Gasteiger partial charge on any atom is -0.480 e. The molecule has 0 heterocycles. The highest BCUT2D eigenvalue weighted by molar-refractivity contribution is 5.85. The maximum atomic E-state index is 13.0. The molecule has 2 N–H and O–H groups in total. The fourth-order valence-electron chi connectivity index (χ4n) is 3.05. The lowest BCUT2D eigenvalue weighted by atomic mass is 9.88. The summed E-state index contributed by atoms with van der Waals surface area (Å²) >= 11 is 0. The van der Waals surface area contributed by atoms with Crippen LogP contribution in [0, 0.1) is 5.92 Å². The van der Waals surface area contributed by atoms with Gasteiger partial charge in [0.15, 0.2) is 0 Å². The summed E-state index contributed by atoms with van der Waals surface area (Å²) in [7, 11) is 0. The summed E-state index contributed by atoms with van der Waals surface area (Å²) in [5, 5.41) is 11.7. The maximum Gasteiger partial charge on any atom is 0.416 e. The van der Waals surface area contributed by atoms with Crippen LogP contribution in [0.4, 0.5) is 13.2 Å². The van der Waals surface area contributed by atoms with E-state index in [1.54, 1.807) is 0 Å². The Morgan fingerprint density at radius 1 is 1.17 bits per heavy atom. The Morgan fingerprint density at radius 3 is 2.38 bits per heavy atom. The van der Waals surface area contributed by atoms with Gasteiger partial charge in [-0.25, -0.2) is 4.79 Å². The van der Waals surface area contributed by atoms with Crippen molar-refractivity contribution in [3.8, 4) is 0 Å². The molecule has 0 aliphatic heterocycles. The average molecular weight is 343 g/mol. The van der Waals surface area contributed by atoms with Crippen LogP contribution in [-0.2, 0) is 22.2 Å². The van der Waals surface area contributed by atoms with E-state index in [9.17, 15) is 27.9 Å². The van der Waals surface area contributed by atoms with Crippen molar-refractivity contribution < 1.29 is 27.9 Å². The van der Waals surface area contributed by atoms with Crippen molar-refractivity contribution in [2.75, 3.05) is 0 Å². The molecule has 1 aliphatic rings. The molecule has 4 nitrogen and oxygen atoms in total. The number of aliphatic carboxylic acids is 1. The van der Waals surface area contributed by atoms with Crippen LogP contribution in [0.25, 0.3) is 0 Å². The molecular weight excluding hydrogens is 323 g/mol. The van der Waals surface area contributed by atoms with E-state index in [-0.39, 0.29) is 17.4 Å². The zero-order chi connectivity index (χ0) is 17.7. The third-order valence-corrected chi connectivity index (χ3v) is 4.34. The molecule has 1 saturated carbocycles. The standard InChI is InChI=1S/C17H20F3NO3/c18-17(19,20)13-9-5-4-8-12(13)10-14(16(23)24)21-15(22)11-6-2-1-3-7-11/h4-5,8-9,11,14H,1-3,6-7,10H2,(H,21,22)(H,23,24)/t14-/m1/s1. The zero-order valence-corrected chi connectivity index (χ0v) is 13.1. The van der Waals surface area contributed by atoms with Crippen LogP contribution in [0.3, 0.4) is 0 Å². The summed E-state index contributed by atoms with van der Waals surface area (Å²) < 4.78 is 39.1. The van der Waals surface area contributed by atoms with Gasteiger partial charge in [0.05, 0.1) is 5.56 Å². The quantitative estimate of drug-likeness (QED) is 0.861. The van der Waals surface area contributed by atoms with Gasteiger partial charge >= 0.3 is 12.1 Å². The first kappa shape index (κ1) is 18.3. The first-order chi connectivity index (χ1) is 11.3. The average Bonchev–Trinajstić information content (AvgIpc) is 2.54. The van der Waals surface area contributed by atoms with Gasteiger partial charge in [-0.3, -0.25) is 4.79 Å². The third kappa shape index (κ3) is 4.72. The topological polar surface area (TPSA) is 66.4 Å². The number of carbonyl (C=O) groups is 2. The largest absolute Gasteiger partial charge is 0.480 e. The van der Waals surface area contributed by atoms with Gasteiger partial charge in [-0.1, -0.05) is 37.5 Å². The highest BCUT2D eigenvalue weighted by Crippen LogP contribution is 2.32. The molecule has 2 rings (SSSR count). The SMILES string of the molecule is O=C(N[C@H](Cc1ccccc1C(F)(F)F)C(=O)O)C1CCCCC1. The van der Waals surface area contributed by atoms with Crippen LogP contribution in [0.2, 0.25) is 0 Å². The molecular formula is C17H20F3NO3. The van der Waals surface area contributed by atoms with E-state index in [1.165, 1.54) is 18.2 Å². The number of hydrogen-bond donors (Lipinski definition) is 2. The summed E-state index contributed by atoms with van der Waals surface area (Å²) in [4.78, 5) is 23.6. The van der Waals surface area contributed by atoms with Crippen molar-refractivity contribution in [2.24, 2.45) is 5.92 Å². The van der Waals surface area contributed by atoms with E-state index in [4.69, 9.17) is 0 Å². The molecule has 132 valence electrons. The lowest BCUT2D eigenvalue weighted by Crippen LogP contribution is -2.45. The van der Waals surface area contributed by atoms with Gasteiger partial charge in [-0.15, -0.1) is 0 Å². The molecule has 0 aromatic heterocycles. The van der Waals surface area contributed by atoms with Crippen LogP contribution >= 0.6 is 0 Å². The minimum absolute atomic E-state index is 0.138. The van der Waals surface area contributed by atoms with Crippen molar-refractivity contribution in [1.29, 1.82) is 0 Å². The molecule has 7 heteroatoms. The number of alkyl halides is 3. The number of carboxylic acids is 1. The Labute approximate surface area is 138 Å². The maximum absolute atomic E-state index is 13.0. The number of carboxylic acid groups (broad SMARTS) is 1. The van der Waals surface area contributed by atoms with E-state index in [1.807, 2.05) is 0 Å². The van der Waals surface area contributed by atoms with Gasteiger partial charge in [0.1, 0.15) is 6.04 Å². The molecule has 0 spiro atoms. The molecule has 0 radical (unpaired) electrons. The van der Waals surface area contributed by atoms with E-state index >= 15 is 0 Å². The summed E-state index contributed by atoms with van der Waals surface area (Å²) in [6.07, 6.45) is -0.713. The molecule has 1 fully saturated rings. The van der Waals surface area contributed by atoms with Gasteiger partial charge in [0.25, 0.3) is 0 Å². The van der Waals surface area contributed by atoms with Crippen molar-refractivity contribution in [3.63, 3.8) is 0 Å². The lowest BCUT2D eigenvalue weighted by molar-refractivity contribution is -0.143. The molecule has 0 saturated heterocycles. The molecule has 1 aliphatic carbocycles. The zero-order valence-electron chi connectivity index (χ0n) is 13.1. The molecule has 24 heavy (non-hydrogen) atoms. The van der Waals surface area contributed by atoms with Crippen molar-refractivity contribution in [3.05, 3.63) is 35.4 Å². The van der Waals surface area contributed by atoms with Crippen LogP contribution in [0.1, 0.15) is 43.2 Å². The van der Waals surface area contributed by atoms with Gasteiger partial charge < -0.3 is 10.4 Å². The number of hydrogen-bond acceptors (Lipinski definition) is 2. The summed E-state index contributed by atoms with van der Waals surface area (Å²) in [5.74, 6) is -1.97. The predicted molar refractivity (Wildman–Crippen MR) is 81.3 cm³/mol. The van der Waals surface area contributed by atoms with Crippen LogP contribution < -0.4 is 5.32 Å². The summed E-state index contributed by atoms with van der Waals surface area (Å²) in [6, 6.07) is 3.46. The Bertz CT molecular complexity index is 595. The second-order valence-electron chi connectivity index (χ2n) is 6.09. The van der Waals surface area contributed by atoms with Gasteiger partial charge in [0, 0.05) is 12.3 Å². The number of amides is 1. The second kappa shape index (κ2) is 7.68. The summed E-state index contributed by atoms with van der Waals surface area (Å²) in [6.45, 7) is 0. The first-order valence-corrected chi connectivity index (χ1v) is 7.97. The molecule has 1 amide bonds. The Balaban J connectivity index is 2.12. The van der Waals surface area contributed by atoms with Gasteiger partial charge in [-0.05, 0) is 24.5 Å². The number of nitrogens with one attached hydrogen (secondary N) is 1. The number of carbonyl (C=O) groups excluding carboxylic acids is 1. The summed E-state index contributed by atoms with van der Waals surface area (Å²) in [5.41, 5.74) is -1.01. The normalized spacial score (nSPS) is 17.3. The Morgan fingerprint density at radius 2 is 1.79 bits per heavy atom. The Hall–Kier alpha value is -2.05. The second-order valence-corrected chi connectivity index (χ2v) is 6.09. The van der Waals surface area contributed by atoms with Gasteiger partial charge in [-0.2, -0.15) is 13.2 Å². The number of rotatable bonds is 5. The lowest BCUT2D eigenvalue weighted by Gasteiger charge is -2.24. The van der Waals surface area contributed by atoms with Crippen molar-refractivity contribution in [1.82, 2.24) is 5.32 Å². The third-order valence-electron chi connectivity index (χ3n) is 4.34. The smallest absolute Gasteiger partial charge is 0.416 e.